The van der Waals surface area contributed by atoms with Gasteiger partial charge in [0.1, 0.15) is 0 Å². The molecule has 3 rings (SSSR count). The summed E-state index contributed by atoms with van der Waals surface area (Å²) in [4.78, 5) is 0. The van der Waals surface area contributed by atoms with E-state index < -0.39 is 13.9 Å². The van der Waals surface area contributed by atoms with E-state index >= 15 is 0 Å². The van der Waals surface area contributed by atoms with E-state index in [1.165, 1.54) is 8.79 Å². The van der Waals surface area contributed by atoms with Crippen LogP contribution in [0.1, 0.15) is 6.42 Å². The molecule has 0 aliphatic carbocycles. The van der Waals surface area contributed by atoms with E-state index in [2.05, 4.69) is 48.5 Å². The minimum absolute atomic E-state index is 0.809. The Balaban J connectivity index is 2.10. The SMILES string of the molecule is c1cc[c]([Ge]2([c]3ccccc3)[O]CCC[O]2)cc1. The minimum atomic E-state index is -3.03. The second-order valence-electron chi connectivity index (χ2n) is 4.40. The van der Waals surface area contributed by atoms with Crippen molar-refractivity contribution in [2.24, 2.45) is 0 Å². The van der Waals surface area contributed by atoms with Gasteiger partial charge in [0.05, 0.1) is 0 Å². The Hall–Kier alpha value is -1.10. The van der Waals surface area contributed by atoms with Gasteiger partial charge in [-0.1, -0.05) is 0 Å². The Morgan fingerprint density at radius 3 is 1.56 bits per heavy atom. The molecule has 18 heavy (non-hydrogen) atoms. The molecule has 1 fully saturated rings. The summed E-state index contributed by atoms with van der Waals surface area (Å²) in [6.07, 6.45) is 0.993. The maximum absolute atomic E-state index is 6.20. The molecular formula is C15H16GeO2. The summed E-state index contributed by atoms with van der Waals surface area (Å²) in [5, 5.41) is 0. The van der Waals surface area contributed by atoms with E-state index in [-0.39, 0.29) is 0 Å². The molecule has 0 N–H and O–H groups in total. The van der Waals surface area contributed by atoms with Gasteiger partial charge >= 0.3 is 111 Å². The van der Waals surface area contributed by atoms with Crippen LogP contribution in [0, 0.1) is 0 Å². The Kier molecular flexibility index (Phi) is 3.50. The van der Waals surface area contributed by atoms with Crippen LogP contribution in [0.2, 0.25) is 0 Å². The molecule has 2 aromatic rings. The molecule has 1 saturated heterocycles. The van der Waals surface area contributed by atoms with Crippen molar-refractivity contribution < 1.29 is 7.53 Å². The number of hydrogen-bond acceptors (Lipinski definition) is 2. The van der Waals surface area contributed by atoms with E-state index in [0.29, 0.717) is 0 Å². The zero-order valence-corrected chi connectivity index (χ0v) is 12.3. The van der Waals surface area contributed by atoms with Crippen molar-refractivity contribution in [2.45, 2.75) is 6.42 Å². The van der Waals surface area contributed by atoms with E-state index in [1.807, 2.05) is 12.1 Å². The molecule has 0 atom stereocenters. The summed E-state index contributed by atoms with van der Waals surface area (Å²) in [5.41, 5.74) is 0. The van der Waals surface area contributed by atoms with Gasteiger partial charge in [-0.05, 0) is 0 Å². The summed E-state index contributed by atoms with van der Waals surface area (Å²) >= 11 is -3.03. The van der Waals surface area contributed by atoms with E-state index in [4.69, 9.17) is 7.53 Å². The van der Waals surface area contributed by atoms with E-state index in [1.54, 1.807) is 0 Å². The molecule has 2 aromatic carbocycles. The van der Waals surface area contributed by atoms with Crippen molar-refractivity contribution in [2.75, 3.05) is 13.2 Å². The normalized spacial score (nSPS) is 18.4. The van der Waals surface area contributed by atoms with E-state index in [0.717, 1.165) is 19.6 Å². The van der Waals surface area contributed by atoms with Gasteiger partial charge in [0, 0.05) is 0 Å². The Labute approximate surface area is 111 Å². The second kappa shape index (κ2) is 5.26. The Bertz CT molecular complexity index is 451. The zero-order valence-electron chi connectivity index (χ0n) is 10.2. The molecule has 0 unspecified atom stereocenters. The molecule has 3 heteroatoms. The van der Waals surface area contributed by atoms with Crippen LogP contribution < -0.4 is 8.79 Å². The van der Waals surface area contributed by atoms with Crippen LogP contribution in [0.3, 0.4) is 0 Å². The van der Waals surface area contributed by atoms with Gasteiger partial charge in [-0.15, -0.1) is 0 Å². The van der Waals surface area contributed by atoms with Gasteiger partial charge in [0.25, 0.3) is 0 Å². The van der Waals surface area contributed by atoms with Gasteiger partial charge in [0.15, 0.2) is 0 Å². The first-order chi connectivity index (χ1) is 8.92. The van der Waals surface area contributed by atoms with Crippen LogP contribution in [0.5, 0.6) is 0 Å². The summed E-state index contributed by atoms with van der Waals surface area (Å²) < 4.78 is 14.9. The molecule has 1 heterocycles. The molecule has 0 saturated carbocycles. The third kappa shape index (κ3) is 2.12. The molecular weight excluding hydrogens is 285 g/mol. The summed E-state index contributed by atoms with van der Waals surface area (Å²) in [6.45, 7) is 1.62. The third-order valence-electron chi connectivity index (χ3n) is 3.21. The molecule has 0 spiro atoms. The van der Waals surface area contributed by atoms with Crippen LogP contribution in [0.25, 0.3) is 0 Å². The van der Waals surface area contributed by atoms with Crippen LogP contribution in [0.15, 0.2) is 60.7 Å². The van der Waals surface area contributed by atoms with Crippen LogP contribution in [-0.2, 0) is 7.53 Å². The van der Waals surface area contributed by atoms with Gasteiger partial charge in [-0.25, -0.2) is 0 Å². The van der Waals surface area contributed by atoms with Crippen molar-refractivity contribution in [3.8, 4) is 0 Å². The first-order valence-electron chi connectivity index (χ1n) is 6.31. The average molecular weight is 301 g/mol. The fourth-order valence-corrected chi connectivity index (χ4v) is 9.08. The fourth-order valence-electron chi connectivity index (χ4n) is 2.35. The monoisotopic (exact) mass is 302 g/mol. The molecule has 0 radical (unpaired) electrons. The summed E-state index contributed by atoms with van der Waals surface area (Å²) in [7, 11) is 0. The van der Waals surface area contributed by atoms with Gasteiger partial charge in [-0.3, -0.25) is 0 Å². The number of rotatable bonds is 2. The number of benzene rings is 2. The Morgan fingerprint density at radius 2 is 1.11 bits per heavy atom. The van der Waals surface area contributed by atoms with Crippen molar-refractivity contribution in [1.82, 2.24) is 0 Å². The molecule has 1 aliphatic heterocycles. The van der Waals surface area contributed by atoms with Gasteiger partial charge in [-0.2, -0.15) is 0 Å². The average Bonchev–Trinajstić information content (AvgIpc) is 2.50. The molecule has 2 nitrogen and oxygen atoms in total. The van der Waals surface area contributed by atoms with Gasteiger partial charge < -0.3 is 0 Å². The molecule has 1 aliphatic rings. The first-order valence-corrected chi connectivity index (χ1v) is 10.1. The molecule has 92 valence electrons. The topological polar surface area (TPSA) is 18.5 Å². The quantitative estimate of drug-likeness (QED) is 0.786. The maximum atomic E-state index is 6.20. The zero-order chi connectivity index (χ0) is 12.3. The first kappa shape index (κ1) is 12.0. The molecule has 0 amide bonds. The van der Waals surface area contributed by atoms with Crippen molar-refractivity contribution in [1.29, 1.82) is 0 Å². The van der Waals surface area contributed by atoms with Crippen LogP contribution in [0.4, 0.5) is 0 Å². The fraction of sp³-hybridized carbons (Fsp3) is 0.200. The van der Waals surface area contributed by atoms with Crippen molar-refractivity contribution in [3.05, 3.63) is 60.7 Å². The molecule has 0 bridgehead atoms. The van der Waals surface area contributed by atoms with E-state index in [9.17, 15) is 0 Å². The van der Waals surface area contributed by atoms with Gasteiger partial charge in [0.2, 0.25) is 0 Å². The van der Waals surface area contributed by atoms with Crippen molar-refractivity contribution >= 4 is 22.7 Å². The third-order valence-corrected chi connectivity index (χ3v) is 10.4. The molecule has 0 aromatic heterocycles. The van der Waals surface area contributed by atoms with Crippen molar-refractivity contribution in [3.63, 3.8) is 0 Å². The number of hydrogen-bond donors (Lipinski definition) is 0. The summed E-state index contributed by atoms with van der Waals surface area (Å²) in [6, 6.07) is 20.9. The predicted molar refractivity (Wildman–Crippen MR) is 74.4 cm³/mol. The standard InChI is InChI=1S/C15H16GeO2/c1-3-8-14(9-4-1)16(17-12-7-13-18-16)15-10-5-2-6-11-15/h1-6,8-11H,7,12-13H2. The summed E-state index contributed by atoms with van der Waals surface area (Å²) in [5.74, 6) is 0. The predicted octanol–water partition coefficient (Wildman–Crippen LogP) is 1.68. The van der Waals surface area contributed by atoms with Crippen LogP contribution >= 0.6 is 0 Å². The second-order valence-corrected chi connectivity index (χ2v) is 10.6. The van der Waals surface area contributed by atoms with Crippen LogP contribution in [-0.4, -0.2) is 27.2 Å². The Morgan fingerprint density at radius 1 is 0.667 bits per heavy atom.